The lowest BCUT2D eigenvalue weighted by atomic mass is 10.2. The largest absolute Gasteiger partial charge is 0.338 e. The number of carbonyl (C=O) groups is 2. The van der Waals surface area contributed by atoms with Crippen LogP contribution >= 0.6 is 0 Å². The summed E-state index contributed by atoms with van der Waals surface area (Å²) >= 11 is 0. The van der Waals surface area contributed by atoms with Crippen LogP contribution in [-0.4, -0.2) is 29.9 Å². The van der Waals surface area contributed by atoms with Crippen molar-refractivity contribution in [3.8, 4) is 0 Å². The predicted octanol–water partition coefficient (Wildman–Crippen LogP) is 2.68. The molecule has 1 heterocycles. The van der Waals surface area contributed by atoms with Crippen LogP contribution in [0.4, 0.5) is 4.79 Å². The summed E-state index contributed by atoms with van der Waals surface area (Å²) in [5.74, 6) is -0.0199. The van der Waals surface area contributed by atoms with E-state index >= 15 is 0 Å². The molecule has 4 nitrogen and oxygen atoms in total. The summed E-state index contributed by atoms with van der Waals surface area (Å²) < 4.78 is 0. The van der Waals surface area contributed by atoms with Crippen LogP contribution in [-0.2, 0) is 4.79 Å². The summed E-state index contributed by atoms with van der Waals surface area (Å²) in [6.07, 6.45) is 7.97. The van der Waals surface area contributed by atoms with E-state index in [1.165, 1.54) is 17.7 Å². The average molecular weight is 240 g/mol. The van der Waals surface area contributed by atoms with E-state index in [0.29, 0.717) is 19.5 Å². The maximum absolute atomic E-state index is 11.8. The highest BCUT2D eigenvalue weighted by molar-refractivity contribution is 5.94. The van der Waals surface area contributed by atoms with Crippen LogP contribution in [0.15, 0.2) is 0 Å². The van der Waals surface area contributed by atoms with Gasteiger partial charge in [-0.3, -0.25) is 9.69 Å². The van der Waals surface area contributed by atoms with Gasteiger partial charge in [0.05, 0.1) is 0 Å². The fraction of sp³-hybridized carbons (Fsp3) is 0.846. The zero-order chi connectivity index (χ0) is 12.5. The second-order valence-corrected chi connectivity index (χ2v) is 4.65. The Bertz CT molecular complexity index is 254. The molecule has 3 amide bonds. The van der Waals surface area contributed by atoms with E-state index in [0.717, 1.165) is 32.1 Å². The Morgan fingerprint density at radius 3 is 2.82 bits per heavy atom. The lowest BCUT2D eigenvalue weighted by Crippen LogP contribution is -2.43. The van der Waals surface area contributed by atoms with Gasteiger partial charge < -0.3 is 5.32 Å². The highest BCUT2D eigenvalue weighted by Crippen LogP contribution is 2.11. The summed E-state index contributed by atoms with van der Waals surface area (Å²) in [4.78, 5) is 24.8. The molecule has 0 bridgehead atoms. The lowest BCUT2D eigenvalue weighted by Gasteiger charge is -2.18. The zero-order valence-electron chi connectivity index (χ0n) is 10.8. The van der Waals surface area contributed by atoms with Crippen molar-refractivity contribution in [3.05, 3.63) is 0 Å². The van der Waals surface area contributed by atoms with E-state index in [1.54, 1.807) is 0 Å². The highest BCUT2D eigenvalue weighted by atomic mass is 16.2. The first-order valence-corrected chi connectivity index (χ1v) is 6.84. The maximum atomic E-state index is 11.8. The van der Waals surface area contributed by atoms with Crippen LogP contribution in [0.5, 0.6) is 0 Å². The lowest BCUT2D eigenvalue weighted by molar-refractivity contribution is -0.127. The number of nitrogens with zero attached hydrogens (tertiary/aromatic N) is 1. The SMILES string of the molecule is CCCCCCNC(=O)N1CCCCCC1=O. The zero-order valence-corrected chi connectivity index (χ0v) is 10.8. The van der Waals surface area contributed by atoms with E-state index < -0.39 is 0 Å². The number of urea groups is 1. The Morgan fingerprint density at radius 2 is 2.06 bits per heavy atom. The van der Waals surface area contributed by atoms with E-state index in [4.69, 9.17) is 0 Å². The fourth-order valence-corrected chi connectivity index (χ4v) is 2.04. The summed E-state index contributed by atoms with van der Waals surface area (Å²) in [7, 11) is 0. The van der Waals surface area contributed by atoms with Crippen molar-refractivity contribution in [3.63, 3.8) is 0 Å². The summed E-state index contributed by atoms with van der Waals surface area (Å²) in [5, 5.41) is 2.84. The molecule has 0 atom stereocenters. The first-order valence-electron chi connectivity index (χ1n) is 6.84. The second kappa shape index (κ2) is 8.09. The van der Waals surface area contributed by atoms with Gasteiger partial charge in [0.25, 0.3) is 0 Å². The third kappa shape index (κ3) is 5.20. The number of carbonyl (C=O) groups excluding carboxylic acids is 2. The Hall–Kier alpha value is -1.06. The molecule has 0 aliphatic carbocycles. The van der Waals surface area contributed by atoms with Crippen LogP contribution in [0.2, 0.25) is 0 Å². The molecular formula is C13H24N2O2. The minimum Gasteiger partial charge on any atom is -0.338 e. The van der Waals surface area contributed by atoms with Crippen LogP contribution in [0.25, 0.3) is 0 Å². The number of nitrogens with one attached hydrogen (secondary N) is 1. The Kier molecular flexibility index (Phi) is 6.67. The predicted molar refractivity (Wildman–Crippen MR) is 67.7 cm³/mol. The molecule has 4 heteroatoms. The number of likely N-dealkylation sites (tertiary alicyclic amines) is 1. The Balaban J connectivity index is 2.23. The van der Waals surface area contributed by atoms with Gasteiger partial charge in [-0.2, -0.15) is 0 Å². The van der Waals surface area contributed by atoms with Gasteiger partial charge in [0.2, 0.25) is 5.91 Å². The van der Waals surface area contributed by atoms with Crippen molar-refractivity contribution in [2.24, 2.45) is 0 Å². The van der Waals surface area contributed by atoms with Crippen LogP contribution in [0.1, 0.15) is 58.3 Å². The molecular weight excluding hydrogens is 216 g/mol. The molecule has 0 spiro atoms. The molecule has 17 heavy (non-hydrogen) atoms. The summed E-state index contributed by atoms with van der Waals surface area (Å²) in [5.41, 5.74) is 0. The molecule has 1 rings (SSSR count). The molecule has 1 aliphatic rings. The molecule has 98 valence electrons. The van der Waals surface area contributed by atoms with Gasteiger partial charge in [-0.15, -0.1) is 0 Å². The molecule has 0 saturated carbocycles. The monoisotopic (exact) mass is 240 g/mol. The molecule has 0 aromatic rings. The number of amides is 3. The molecule has 0 aromatic carbocycles. The van der Waals surface area contributed by atoms with Gasteiger partial charge in [0.15, 0.2) is 0 Å². The topological polar surface area (TPSA) is 49.4 Å². The third-order valence-electron chi connectivity index (χ3n) is 3.13. The van der Waals surface area contributed by atoms with Crippen molar-refractivity contribution in [1.82, 2.24) is 10.2 Å². The van der Waals surface area contributed by atoms with Gasteiger partial charge in [-0.05, 0) is 19.3 Å². The number of rotatable bonds is 5. The molecule has 1 saturated heterocycles. The van der Waals surface area contributed by atoms with Crippen molar-refractivity contribution in [1.29, 1.82) is 0 Å². The van der Waals surface area contributed by atoms with Gasteiger partial charge in [-0.25, -0.2) is 4.79 Å². The van der Waals surface area contributed by atoms with Gasteiger partial charge >= 0.3 is 6.03 Å². The molecule has 1 aliphatic heterocycles. The number of imide groups is 1. The molecule has 1 fully saturated rings. The fourth-order valence-electron chi connectivity index (χ4n) is 2.04. The molecule has 0 aromatic heterocycles. The smallest absolute Gasteiger partial charge is 0.324 e. The Labute approximate surface area is 104 Å². The van der Waals surface area contributed by atoms with Gasteiger partial charge in [0, 0.05) is 19.5 Å². The van der Waals surface area contributed by atoms with Crippen LogP contribution in [0.3, 0.4) is 0 Å². The van der Waals surface area contributed by atoms with E-state index in [2.05, 4.69) is 12.2 Å². The third-order valence-corrected chi connectivity index (χ3v) is 3.13. The normalized spacial score (nSPS) is 16.8. The summed E-state index contributed by atoms with van der Waals surface area (Å²) in [6.45, 7) is 3.43. The first kappa shape index (κ1) is 14.0. The first-order chi connectivity index (χ1) is 8.25. The maximum Gasteiger partial charge on any atom is 0.324 e. The van der Waals surface area contributed by atoms with E-state index in [9.17, 15) is 9.59 Å². The standard InChI is InChI=1S/C13H24N2O2/c1-2-3-4-7-10-14-13(17)15-11-8-5-6-9-12(15)16/h2-11H2,1H3,(H,14,17). The molecule has 0 unspecified atom stereocenters. The van der Waals surface area contributed by atoms with Crippen molar-refractivity contribution in [2.45, 2.75) is 58.3 Å². The average Bonchev–Trinajstić information content (AvgIpc) is 2.53. The minimum absolute atomic E-state index is 0.0199. The van der Waals surface area contributed by atoms with E-state index in [-0.39, 0.29) is 11.9 Å². The van der Waals surface area contributed by atoms with Crippen molar-refractivity contribution >= 4 is 11.9 Å². The molecule has 0 radical (unpaired) electrons. The summed E-state index contributed by atoms with van der Waals surface area (Å²) in [6, 6.07) is -0.201. The van der Waals surface area contributed by atoms with Gasteiger partial charge in [-0.1, -0.05) is 32.6 Å². The van der Waals surface area contributed by atoms with Crippen LogP contribution in [0, 0.1) is 0 Å². The Morgan fingerprint density at radius 1 is 1.24 bits per heavy atom. The minimum atomic E-state index is -0.201. The van der Waals surface area contributed by atoms with Gasteiger partial charge in [0.1, 0.15) is 0 Å². The second-order valence-electron chi connectivity index (χ2n) is 4.65. The number of hydrogen-bond donors (Lipinski definition) is 1. The van der Waals surface area contributed by atoms with E-state index in [1.807, 2.05) is 0 Å². The number of unbranched alkanes of at least 4 members (excludes halogenated alkanes) is 3. The number of hydrogen-bond acceptors (Lipinski definition) is 2. The molecule has 1 N–H and O–H groups in total. The van der Waals surface area contributed by atoms with Crippen LogP contribution < -0.4 is 5.32 Å². The highest BCUT2D eigenvalue weighted by Gasteiger charge is 2.22. The van der Waals surface area contributed by atoms with Crippen molar-refractivity contribution < 1.29 is 9.59 Å². The quantitative estimate of drug-likeness (QED) is 0.751. The van der Waals surface area contributed by atoms with Crippen molar-refractivity contribution in [2.75, 3.05) is 13.1 Å².